The smallest absolute Gasteiger partial charge is 0.221 e. The van der Waals surface area contributed by atoms with Crippen LogP contribution < -0.4 is 10.1 Å². The Balaban J connectivity index is 2.30. The molecule has 1 rings (SSSR count). The van der Waals surface area contributed by atoms with E-state index in [2.05, 4.69) is 11.4 Å². The SMILES string of the molecule is CC[C@](C)(C#N)NC(=O)CCCOc1ccccc1C. The predicted octanol–water partition coefficient (Wildman–Crippen LogP) is 2.96. The second kappa shape index (κ2) is 7.54. The second-order valence-electron chi connectivity index (χ2n) is 5.06. The van der Waals surface area contributed by atoms with Crippen molar-refractivity contribution in [3.05, 3.63) is 29.8 Å². The molecule has 0 saturated heterocycles. The van der Waals surface area contributed by atoms with Crippen LogP contribution in [0.4, 0.5) is 0 Å². The lowest BCUT2D eigenvalue weighted by Gasteiger charge is -2.21. The maximum atomic E-state index is 11.7. The molecular weight excluding hydrogens is 252 g/mol. The van der Waals surface area contributed by atoms with Gasteiger partial charge in [-0.3, -0.25) is 4.79 Å². The molecule has 1 amide bonds. The van der Waals surface area contributed by atoms with E-state index in [9.17, 15) is 4.79 Å². The van der Waals surface area contributed by atoms with Crippen LogP contribution in [0.3, 0.4) is 0 Å². The number of hydrogen-bond acceptors (Lipinski definition) is 3. The Hall–Kier alpha value is -2.02. The van der Waals surface area contributed by atoms with E-state index in [0.717, 1.165) is 11.3 Å². The standard InChI is InChI=1S/C16H22N2O2/c1-4-16(3,12-17)18-15(19)10-7-11-20-14-9-6-5-8-13(14)2/h5-6,8-9H,4,7,10-11H2,1-3H3,(H,18,19)/t16-/m1/s1. The summed E-state index contributed by atoms with van der Waals surface area (Å²) in [6.45, 7) is 6.09. The molecule has 0 saturated carbocycles. The van der Waals surface area contributed by atoms with Crippen LogP contribution in [0.1, 0.15) is 38.7 Å². The summed E-state index contributed by atoms with van der Waals surface area (Å²) in [6.07, 6.45) is 1.59. The third-order valence-corrected chi connectivity index (χ3v) is 3.27. The highest BCUT2D eigenvalue weighted by molar-refractivity contribution is 5.77. The van der Waals surface area contributed by atoms with Gasteiger partial charge in [-0.25, -0.2) is 0 Å². The van der Waals surface area contributed by atoms with Gasteiger partial charge in [0.25, 0.3) is 0 Å². The van der Waals surface area contributed by atoms with Crippen LogP contribution in [0.15, 0.2) is 24.3 Å². The average molecular weight is 274 g/mol. The number of hydrogen-bond donors (Lipinski definition) is 1. The zero-order chi connectivity index (χ0) is 15.0. The number of rotatable bonds is 7. The molecular formula is C16H22N2O2. The summed E-state index contributed by atoms with van der Waals surface area (Å²) in [4.78, 5) is 11.7. The lowest BCUT2D eigenvalue weighted by molar-refractivity contribution is -0.122. The molecule has 0 bridgehead atoms. The molecule has 0 aliphatic rings. The summed E-state index contributed by atoms with van der Waals surface area (Å²) >= 11 is 0. The van der Waals surface area contributed by atoms with Gasteiger partial charge in [-0.15, -0.1) is 0 Å². The molecule has 0 radical (unpaired) electrons. The molecule has 0 fully saturated rings. The number of carbonyl (C=O) groups is 1. The Bertz CT molecular complexity index is 493. The Morgan fingerprint density at radius 1 is 1.45 bits per heavy atom. The van der Waals surface area contributed by atoms with Gasteiger partial charge in [0, 0.05) is 6.42 Å². The monoisotopic (exact) mass is 274 g/mol. The zero-order valence-corrected chi connectivity index (χ0v) is 12.4. The molecule has 4 nitrogen and oxygen atoms in total. The van der Waals surface area contributed by atoms with Crippen molar-refractivity contribution in [2.75, 3.05) is 6.61 Å². The Labute approximate surface area is 120 Å². The van der Waals surface area contributed by atoms with E-state index in [-0.39, 0.29) is 5.91 Å². The number of ether oxygens (including phenoxy) is 1. The van der Waals surface area contributed by atoms with Crippen molar-refractivity contribution in [3.8, 4) is 11.8 Å². The van der Waals surface area contributed by atoms with Crippen LogP contribution in [-0.2, 0) is 4.79 Å². The Morgan fingerprint density at radius 2 is 2.15 bits per heavy atom. The lowest BCUT2D eigenvalue weighted by Crippen LogP contribution is -2.44. The van der Waals surface area contributed by atoms with E-state index in [1.165, 1.54) is 0 Å². The third-order valence-electron chi connectivity index (χ3n) is 3.27. The number of amides is 1. The van der Waals surface area contributed by atoms with E-state index in [1.807, 2.05) is 38.1 Å². The van der Waals surface area contributed by atoms with Gasteiger partial charge in [-0.1, -0.05) is 25.1 Å². The zero-order valence-electron chi connectivity index (χ0n) is 12.4. The average Bonchev–Trinajstić information content (AvgIpc) is 2.45. The van der Waals surface area contributed by atoms with Gasteiger partial charge in [0.1, 0.15) is 11.3 Å². The van der Waals surface area contributed by atoms with E-state index >= 15 is 0 Å². The van der Waals surface area contributed by atoms with E-state index in [0.29, 0.717) is 25.9 Å². The number of nitrogens with one attached hydrogen (secondary N) is 1. The maximum Gasteiger partial charge on any atom is 0.221 e. The molecule has 1 atom stereocenters. The van der Waals surface area contributed by atoms with Crippen LogP contribution >= 0.6 is 0 Å². The van der Waals surface area contributed by atoms with Gasteiger partial charge in [0.15, 0.2) is 0 Å². The van der Waals surface area contributed by atoms with Gasteiger partial charge < -0.3 is 10.1 Å². The molecule has 4 heteroatoms. The molecule has 20 heavy (non-hydrogen) atoms. The van der Waals surface area contributed by atoms with Crippen molar-refractivity contribution in [1.82, 2.24) is 5.32 Å². The summed E-state index contributed by atoms with van der Waals surface area (Å²) in [5, 5.41) is 11.7. The number of carbonyl (C=O) groups excluding carboxylic acids is 1. The first-order chi connectivity index (χ1) is 9.50. The van der Waals surface area contributed by atoms with Crippen LogP contribution in [-0.4, -0.2) is 18.1 Å². The highest BCUT2D eigenvalue weighted by atomic mass is 16.5. The van der Waals surface area contributed by atoms with E-state index in [4.69, 9.17) is 10.00 Å². The molecule has 0 aromatic heterocycles. The fraction of sp³-hybridized carbons (Fsp3) is 0.500. The molecule has 1 aromatic rings. The van der Waals surface area contributed by atoms with Crippen molar-refractivity contribution < 1.29 is 9.53 Å². The number of para-hydroxylation sites is 1. The minimum Gasteiger partial charge on any atom is -0.493 e. The first-order valence-electron chi connectivity index (χ1n) is 6.91. The van der Waals surface area contributed by atoms with Crippen molar-refractivity contribution in [2.45, 2.75) is 45.6 Å². The van der Waals surface area contributed by atoms with Crippen LogP contribution in [0.2, 0.25) is 0 Å². The van der Waals surface area contributed by atoms with Gasteiger partial charge >= 0.3 is 0 Å². The van der Waals surface area contributed by atoms with Gasteiger partial charge in [0.05, 0.1) is 12.7 Å². The van der Waals surface area contributed by atoms with E-state index in [1.54, 1.807) is 6.92 Å². The Kier molecular flexibility index (Phi) is 6.05. The molecule has 108 valence electrons. The maximum absolute atomic E-state index is 11.7. The predicted molar refractivity (Wildman–Crippen MR) is 78.4 cm³/mol. The summed E-state index contributed by atoms with van der Waals surface area (Å²) in [7, 11) is 0. The lowest BCUT2D eigenvalue weighted by atomic mass is 10.0. The summed E-state index contributed by atoms with van der Waals surface area (Å²) < 4.78 is 5.62. The fourth-order valence-corrected chi connectivity index (χ4v) is 1.70. The first-order valence-corrected chi connectivity index (χ1v) is 6.91. The van der Waals surface area contributed by atoms with Gasteiger partial charge in [-0.2, -0.15) is 5.26 Å². The highest BCUT2D eigenvalue weighted by Gasteiger charge is 2.22. The normalized spacial score (nSPS) is 13.1. The number of aryl methyl sites for hydroxylation is 1. The van der Waals surface area contributed by atoms with E-state index < -0.39 is 5.54 Å². The highest BCUT2D eigenvalue weighted by Crippen LogP contribution is 2.16. The number of nitriles is 1. The summed E-state index contributed by atoms with van der Waals surface area (Å²) in [5.41, 5.74) is 0.313. The van der Waals surface area contributed by atoms with Crippen LogP contribution in [0.5, 0.6) is 5.75 Å². The molecule has 0 unspecified atom stereocenters. The number of nitrogens with zero attached hydrogens (tertiary/aromatic N) is 1. The molecule has 0 aliphatic heterocycles. The second-order valence-corrected chi connectivity index (χ2v) is 5.06. The minimum atomic E-state index is -0.770. The molecule has 0 heterocycles. The third kappa shape index (κ3) is 4.93. The molecule has 1 aromatic carbocycles. The molecule has 1 N–H and O–H groups in total. The van der Waals surface area contributed by atoms with Crippen molar-refractivity contribution in [1.29, 1.82) is 5.26 Å². The molecule has 0 aliphatic carbocycles. The summed E-state index contributed by atoms with van der Waals surface area (Å²) in [5.74, 6) is 0.743. The first kappa shape index (κ1) is 16.0. The Morgan fingerprint density at radius 3 is 2.75 bits per heavy atom. The van der Waals surface area contributed by atoms with Crippen molar-refractivity contribution >= 4 is 5.91 Å². The minimum absolute atomic E-state index is 0.107. The topological polar surface area (TPSA) is 62.1 Å². The quantitative estimate of drug-likeness (QED) is 0.777. The number of benzene rings is 1. The largest absolute Gasteiger partial charge is 0.493 e. The van der Waals surface area contributed by atoms with Crippen LogP contribution in [0.25, 0.3) is 0 Å². The van der Waals surface area contributed by atoms with Gasteiger partial charge in [-0.05, 0) is 38.3 Å². The molecule has 0 spiro atoms. The van der Waals surface area contributed by atoms with Crippen molar-refractivity contribution in [3.63, 3.8) is 0 Å². The summed E-state index contributed by atoms with van der Waals surface area (Å²) in [6, 6.07) is 9.91. The fourth-order valence-electron chi connectivity index (χ4n) is 1.70. The van der Waals surface area contributed by atoms with Crippen molar-refractivity contribution in [2.24, 2.45) is 0 Å². The van der Waals surface area contributed by atoms with Gasteiger partial charge in [0.2, 0.25) is 5.91 Å². The van der Waals surface area contributed by atoms with Crippen LogP contribution in [0, 0.1) is 18.3 Å².